The highest BCUT2D eigenvalue weighted by molar-refractivity contribution is 7.92. The van der Waals surface area contributed by atoms with E-state index in [-0.39, 0.29) is 22.1 Å². The maximum absolute atomic E-state index is 13.9. The fourth-order valence-electron chi connectivity index (χ4n) is 3.55. The van der Waals surface area contributed by atoms with Crippen molar-refractivity contribution < 1.29 is 36.9 Å². The van der Waals surface area contributed by atoms with Crippen LogP contribution in [0.2, 0.25) is 0 Å². The van der Waals surface area contributed by atoms with E-state index >= 15 is 0 Å². The van der Waals surface area contributed by atoms with Crippen molar-refractivity contribution in [3.05, 3.63) is 78.9 Å². The van der Waals surface area contributed by atoms with E-state index in [1.54, 1.807) is 42.5 Å². The Morgan fingerprint density at radius 2 is 1.52 bits per heavy atom. The lowest BCUT2D eigenvalue weighted by molar-refractivity contribution is -0.119. The molecule has 0 saturated heterocycles. The molecule has 40 heavy (non-hydrogen) atoms. The maximum atomic E-state index is 13.9. The number of carbonyl (C=O) groups excluding carboxylic acids is 1. The number of rotatable bonds is 14. The van der Waals surface area contributed by atoms with Gasteiger partial charge in [0.15, 0.2) is 11.5 Å². The number of amides is 1. The molecule has 0 saturated carbocycles. The van der Waals surface area contributed by atoms with Gasteiger partial charge in [-0.05, 0) is 54.1 Å². The third-order valence-electron chi connectivity index (χ3n) is 5.54. The van der Waals surface area contributed by atoms with Gasteiger partial charge in [-0.15, -0.1) is 0 Å². The summed E-state index contributed by atoms with van der Waals surface area (Å²) in [6.45, 7) is 3.36. The number of nitrogens with one attached hydrogen (secondary N) is 1. The number of benzene rings is 3. The van der Waals surface area contributed by atoms with Gasteiger partial charge in [-0.2, -0.15) is 5.10 Å². The van der Waals surface area contributed by atoms with Crippen LogP contribution in [0.4, 0.5) is 5.69 Å². The second-order valence-electron chi connectivity index (χ2n) is 8.03. The molecule has 12 heteroatoms. The zero-order chi connectivity index (χ0) is 29.1. The van der Waals surface area contributed by atoms with Gasteiger partial charge in [0.2, 0.25) is 0 Å². The number of anilines is 1. The average molecular weight is 570 g/mol. The molecule has 3 aromatic carbocycles. The van der Waals surface area contributed by atoms with E-state index in [1.807, 2.05) is 0 Å². The molecule has 0 fully saturated rings. The molecule has 0 radical (unpaired) electrons. The second kappa shape index (κ2) is 13.9. The molecule has 11 nitrogen and oxygen atoms in total. The van der Waals surface area contributed by atoms with Crippen molar-refractivity contribution in [2.75, 3.05) is 45.9 Å². The van der Waals surface area contributed by atoms with E-state index in [2.05, 4.69) is 17.1 Å². The van der Waals surface area contributed by atoms with Gasteiger partial charge in [0, 0.05) is 12.1 Å². The van der Waals surface area contributed by atoms with Crippen LogP contribution in [0, 0.1) is 0 Å². The quantitative estimate of drug-likeness (QED) is 0.177. The Bertz CT molecular complexity index is 1460. The summed E-state index contributed by atoms with van der Waals surface area (Å²) >= 11 is 0. The first-order chi connectivity index (χ1) is 19.3. The summed E-state index contributed by atoms with van der Waals surface area (Å²) < 4.78 is 55.4. The van der Waals surface area contributed by atoms with Gasteiger partial charge in [0.05, 0.1) is 45.2 Å². The van der Waals surface area contributed by atoms with Crippen LogP contribution in [-0.2, 0) is 14.8 Å². The van der Waals surface area contributed by atoms with Crippen LogP contribution >= 0.6 is 0 Å². The first kappa shape index (κ1) is 29.8. The lowest BCUT2D eigenvalue weighted by atomic mass is 10.2. The summed E-state index contributed by atoms with van der Waals surface area (Å²) in [5.41, 5.74) is 3.15. The molecule has 0 aliphatic carbocycles. The Balaban J connectivity index is 1.92. The Morgan fingerprint density at radius 1 is 0.875 bits per heavy atom. The monoisotopic (exact) mass is 569 g/mol. The molecular formula is C28H31N3O8S. The number of ether oxygens (including phenoxy) is 5. The van der Waals surface area contributed by atoms with Crippen LogP contribution < -0.4 is 33.4 Å². The fraction of sp³-hybridized carbons (Fsp3) is 0.214. The highest BCUT2D eigenvalue weighted by Gasteiger charge is 2.31. The number of carbonyl (C=O) groups is 1. The molecule has 0 aromatic heterocycles. The average Bonchev–Trinajstić information content (AvgIpc) is 2.98. The summed E-state index contributed by atoms with van der Waals surface area (Å²) in [7, 11) is 1.34. The molecule has 3 aromatic rings. The van der Waals surface area contributed by atoms with Gasteiger partial charge in [-0.25, -0.2) is 13.8 Å². The summed E-state index contributed by atoms with van der Waals surface area (Å²) in [5.74, 6) is 1.08. The van der Waals surface area contributed by atoms with Crippen LogP contribution in [-0.4, -0.2) is 62.1 Å². The van der Waals surface area contributed by atoms with Gasteiger partial charge in [0.25, 0.3) is 15.9 Å². The van der Waals surface area contributed by atoms with Crippen molar-refractivity contribution in [3.8, 4) is 28.7 Å². The van der Waals surface area contributed by atoms with Crippen molar-refractivity contribution in [2.24, 2.45) is 5.10 Å². The number of methoxy groups -OCH3 is 4. The molecule has 0 bridgehead atoms. The van der Waals surface area contributed by atoms with E-state index in [4.69, 9.17) is 23.7 Å². The molecular weight excluding hydrogens is 538 g/mol. The third-order valence-corrected chi connectivity index (χ3v) is 7.29. The number of hydrogen-bond donors (Lipinski definition) is 1. The normalized spacial score (nSPS) is 11.0. The molecule has 0 unspecified atom stereocenters. The smallest absolute Gasteiger partial charge is 0.265 e. The minimum absolute atomic E-state index is 0.0888. The van der Waals surface area contributed by atoms with Crippen LogP contribution in [0.1, 0.15) is 5.56 Å². The fourth-order valence-corrected chi connectivity index (χ4v) is 4.98. The Labute approximate surface area is 233 Å². The number of sulfonamides is 1. The van der Waals surface area contributed by atoms with Crippen LogP contribution in [0.25, 0.3) is 0 Å². The Hall–Kier alpha value is -4.71. The van der Waals surface area contributed by atoms with Crippen molar-refractivity contribution >= 4 is 27.8 Å². The minimum atomic E-state index is -4.33. The highest BCUT2D eigenvalue weighted by atomic mass is 32.2. The Kier molecular flexibility index (Phi) is 10.4. The summed E-state index contributed by atoms with van der Waals surface area (Å²) in [6, 6.07) is 15.8. The molecule has 1 N–H and O–H groups in total. The predicted molar refractivity (Wildman–Crippen MR) is 151 cm³/mol. The Morgan fingerprint density at radius 3 is 2.15 bits per heavy atom. The second-order valence-corrected chi connectivity index (χ2v) is 9.89. The summed E-state index contributed by atoms with van der Waals surface area (Å²) in [6.07, 6.45) is 3.06. The van der Waals surface area contributed by atoms with Crippen LogP contribution in [0.3, 0.4) is 0 Å². The minimum Gasteiger partial charge on any atom is -0.497 e. The van der Waals surface area contributed by atoms with Gasteiger partial charge < -0.3 is 23.7 Å². The molecule has 3 rings (SSSR count). The van der Waals surface area contributed by atoms with Crippen molar-refractivity contribution in [2.45, 2.75) is 4.90 Å². The molecule has 0 heterocycles. The molecule has 212 valence electrons. The molecule has 0 atom stereocenters. The van der Waals surface area contributed by atoms with Crippen LogP contribution in [0.5, 0.6) is 28.7 Å². The number of hydrazone groups is 1. The highest BCUT2D eigenvalue weighted by Crippen LogP contribution is 2.37. The first-order valence-corrected chi connectivity index (χ1v) is 13.3. The molecule has 0 aliphatic rings. The molecule has 0 aliphatic heterocycles. The topological polar surface area (TPSA) is 125 Å². The van der Waals surface area contributed by atoms with Gasteiger partial charge in [-0.3, -0.25) is 9.10 Å². The van der Waals surface area contributed by atoms with Gasteiger partial charge in [-0.1, -0.05) is 12.7 Å². The summed E-state index contributed by atoms with van der Waals surface area (Å²) in [5, 5.41) is 3.97. The first-order valence-electron chi connectivity index (χ1n) is 11.9. The van der Waals surface area contributed by atoms with Crippen LogP contribution in [0.15, 0.2) is 83.3 Å². The standard InChI is InChI=1S/C28H31N3O8S/c1-6-15-39-21-9-7-20(8-10-21)18-29-30-28(32)19-31(24-16-22(35-2)11-13-25(24)36-3)40(33,34)23-12-14-26(37-4)27(17-23)38-5/h6-14,16-18H,1,15,19H2,2-5H3,(H,30,32)/b29-18-. The maximum Gasteiger partial charge on any atom is 0.265 e. The van der Waals surface area contributed by atoms with Crippen molar-refractivity contribution in [1.29, 1.82) is 0 Å². The number of nitrogens with zero attached hydrogens (tertiary/aromatic N) is 2. The van der Waals surface area contributed by atoms with E-state index < -0.39 is 22.5 Å². The zero-order valence-corrected chi connectivity index (χ0v) is 23.4. The SMILES string of the molecule is C=CCOc1ccc(/C=N\NC(=O)CN(c2cc(OC)ccc2OC)S(=O)(=O)c2ccc(OC)c(OC)c2)cc1. The van der Waals surface area contributed by atoms with Gasteiger partial charge in [0.1, 0.15) is 30.4 Å². The third kappa shape index (κ3) is 7.23. The van der Waals surface area contributed by atoms with Gasteiger partial charge >= 0.3 is 0 Å². The molecule has 1 amide bonds. The van der Waals surface area contributed by atoms with E-state index in [1.165, 1.54) is 58.9 Å². The molecule has 0 spiro atoms. The van der Waals surface area contributed by atoms with E-state index in [0.717, 1.165) is 4.31 Å². The van der Waals surface area contributed by atoms with E-state index in [9.17, 15) is 13.2 Å². The van der Waals surface area contributed by atoms with Crippen molar-refractivity contribution in [1.82, 2.24) is 5.43 Å². The largest absolute Gasteiger partial charge is 0.497 e. The zero-order valence-electron chi connectivity index (χ0n) is 22.6. The summed E-state index contributed by atoms with van der Waals surface area (Å²) in [4.78, 5) is 12.8. The lowest BCUT2D eigenvalue weighted by Gasteiger charge is -2.26. The number of hydrogen-bond acceptors (Lipinski definition) is 9. The lowest BCUT2D eigenvalue weighted by Crippen LogP contribution is -2.39. The van der Waals surface area contributed by atoms with E-state index in [0.29, 0.717) is 29.4 Å². The van der Waals surface area contributed by atoms with Crippen molar-refractivity contribution in [3.63, 3.8) is 0 Å². The predicted octanol–water partition coefficient (Wildman–Crippen LogP) is 3.63.